The van der Waals surface area contributed by atoms with Gasteiger partial charge >= 0.3 is 0 Å². The summed E-state index contributed by atoms with van der Waals surface area (Å²) in [5.74, 6) is 1.77. The molecular weight excluding hydrogens is 266 g/mol. The van der Waals surface area contributed by atoms with Crippen LogP contribution in [0.25, 0.3) is 0 Å². The van der Waals surface area contributed by atoms with Crippen molar-refractivity contribution in [2.75, 3.05) is 6.54 Å². The highest BCUT2D eigenvalue weighted by Gasteiger charge is 2.17. The van der Waals surface area contributed by atoms with Crippen LogP contribution in [0.15, 0.2) is 21.2 Å². The molecular formula is C13H22BrNO. The SMILES string of the molecule is CCCC(C)CC(NCC)c1ccc(Br)o1. The van der Waals surface area contributed by atoms with Crippen LogP contribution in [0, 0.1) is 5.92 Å². The average molecular weight is 288 g/mol. The molecule has 0 aliphatic heterocycles. The highest BCUT2D eigenvalue weighted by molar-refractivity contribution is 9.10. The Bertz CT molecular complexity index is 298. The van der Waals surface area contributed by atoms with E-state index in [1.807, 2.05) is 6.07 Å². The summed E-state index contributed by atoms with van der Waals surface area (Å²) in [5.41, 5.74) is 0. The molecule has 0 saturated heterocycles. The molecule has 1 aromatic rings. The number of furan rings is 1. The summed E-state index contributed by atoms with van der Waals surface area (Å²) in [6.45, 7) is 7.66. The lowest BCUT2D eigenvalue weighted by molar-refractivity contribution is 0.340. The molecule has 0 radical (unpaired) electrons. The number of hydrogen-bond acceptors (Lipinski definition) is 2. The molecule has 1 heterocycles. The summed E-state index contributed by atoms with van der Waals surface area (Å²) in [4.78, 5) is 0. The summed E-state index contributed by atoms with van der Waals surface area (Å²) in [7, 11) is 0. The first-order valence-electron chi connectivity index (χ1n) is 6.16. The zero-order valence-corrected chi connectivity index (χ0v) is 12.0. The predicted molar refractivity (Wildman–Crippen MR) is 71.5 cm³/mol. The molecule has 1 aromatic heterocycles. The van der Waals surface area contributed by atoms with E-state index in [0.717, 1.165) is 29.3 Å². The molecule has 0 aliphatic rings. The maximum absolute atomic E-state index is 5.63. The third kappa shape index (κ3) is 4.30. The highest BCUT2D eigenvalue weighted by atomic mass is 79.9. The van der Waals surface area contributed by atoms with Crippen molar-refractivity contribution in [1.82, 2.24) is 5.32 Å². The van der Waals surface area contributed by atoms with Gasteiger partial charge in [0.05, 0.1) is 6.04 Å². The maximum atomic E-state index is 5.63. The van der Waals surface area contributed by atoms with Crippen LogP contribution in [0.2, 0.25) is 0 Å². The summed E-state index contributed by atoms with van der Waals surface area (Å²) < 4.78 is 6.44. The zero-order chi connectivity index (χ0) is 12.0. The van der Waals surface area contributed by atoms with E-state index in [-0.39, 0.29) is 0 Å². The number of nitrogens with one attached hydrogen (secondary N) is 1. The van der Waals surface area contributed by atoms with Crippen molar-refractivity contribution in [2.45, 2.75) is 46.1 Å². The van der Waals surface area contributed by atoms with Gasteiger partial charge in [-0.1, -0.05) is 33.6 Å². The van der Waals surface area contributed by atoms with Crippen LogP contribution in [0.1, 0.15) is 51.8 Å². The van der Waals surface area contributed by atoms with Gasteiger partial charge in [0.15, 0.2) is 4.67 Å². The van der Waals surface area contributed by atoms with Crippen molar-refractivity contribution in [3.05, 3.63) is 22.6 Å². The van der Waals surface area contributed by atoms with Crippen molar-refractivity contribution in [1.29, 1.82) is 0 Å². The van der Waals surface area contributed by atoms with Crippen molar-refractivity contribution in [2.24, 2.45) is 5.92 Å². The molecule has 1 N–H and O–H groups in total. The number of rotatable bonds is 7. The first-order chi connectivity index (χ1) is 7.67. The van der Waals surface area contributed by atoms with Gasteiger partial charge in [-0.2, -0.15) is 0 Å². The Morgan fingerprint density at radius 1 is 1.38 bits per heavy atom. The second kappa shape index (κ2) is 7.13. The zero-order valence-electron chi connectivity index (χ0n) is 10.4. The fourth-order valence-electron chi connectivity index (χ4n) is 2.08. The van der Waals surface area contributed by atoms with Crippen LogP contribution in [0.5, 0.6) is 0 Å². The van der Waals surface area contributed by atoms with Gasteiger partial charge in [-0.3, -0.25) is 0 Å². The van der Waals surface area contributed by atoms with Gasteiger partial charge in [0.2, 0.25) is 0 Å². The van der Waals surface area contributed by atoms with E-state index in [4.69, 9.17) is 4.42 Å². The normalized spacial score (nSPS) is 15.0. The third-order valence-corrected chi connectivity index (χ3v) is 3.23. The molecule has 0 amide bonds. The minimum Gasteiger partial charge on any atom is -0.453 e. The van der Waals surface area contributed by atoms with Crippen LogP contribution in [0.3, 0.4) is 0 Å². The third-order valence-electron chi connectivity index (χ3n) is 2.81. The standard InChI is InChI=1S/C13H22BrNO/c1-4-6-10(3)9-11(15-5-2)12-7-8-13(14)16-12/h7-8,10-11,15H,4-6,9H2,1-3H3. The van der Waals surface area contributed by atoms with Gasteiger partial charge < -0.3 is 9.73 Å². The molecule has 2 unspecified atom stereocenters. The monoisotopic (exact) mass is 287 g/mol. The molecule has 2 nitrogen and oxygen atoms in total. The molecule has 92 valence electrons. The van der Waals surface area contributed by atoms with E-state index in [1.54, 1.807) is 0 Å². The fraction of sp³-hybridized carbons (Fsp3) is 0.692. The molecule has 0 spiro atoms. The highest BCUT2D eigenvalue weighted by Crippen LogP contribution is 2.27. The van der Waals surface area contributed by atoms with E-state index >= 15 is 0 Å². The lowest BCUT2D eigenvalue weighted by Gasteiger charge is -2.19. The average Bonchev–Trinajstić information content (AvgIpc) is 2.64. The fourth-order valence-corrected chi connectivity index (χ4v) is 2.39. The van der Waals surface area contributed by atoms with E-state index in [2.05, 4.69) is 48.1 Å². The lowest BCUT2D eigenvalue weighted by Crippen LogP contribution is -2.22. The second-order valence-electron chi connectivity index (χ2n) is 4.38. The Kier molecular flexibility index (Phi) is 6.14. The van der Waals surface area contributed by atoms with Crippen LogP contribution >= 0.6 is 15.9 Å². The molecule has 0 saturated carbocycles. The minimum atomic E-state index is 0.345. The van der Waals surface area contributed by atoms with Crippen LogP contribution in [-0.4, -0.2) is 6.54 Å². The summed E-state index contributed by atoms with van der Waals surface area (Å²) in [6.07, 6.45) is 3.67. The molecule has 0 fully saturated rings. The van der Waals surface area contributed by atoms with Gasteiger partial charge in [-0.05, 0) is 46.9 Å². The summed E-state index contributed by atoms with van der Waals surface area (Å²) in [5, 5.41) is 3.49. The van der Waals surface area contributed by atoms with E-state index in [1.165, 1.54) is 12.8 Å². The lowest BCUT2D eigenvalue weighted by atomic mass is 9.96. The van der Waals surface area contributed by atoms with E-state index in [0.29, 0.717) is 6.04 Å². The van der Waals surface area contributed by atoms with Crippen molar-refractivity contribution in [3.8, 4) is 0 Å². The van der Waals surface area contributed by atoms with Crippen LogP contribution in [0.4, 0.5) is 0 Å². The topological polar surface area (TPSA) is 25.2 Å². The van der Waals surface area contributed by atoms with Gasteiger partial charge in [-0.25, -0.2) is 0 Å². The Morgan fingerprint density at radius 2 is 2.12 bits per heavy atom. The quantitative estimate of drug-likeness (QED) is 0.798. The van der Waals surface area contributed by atoms with Crippen LogP contribution < -0.4 is 5.32 Å². The second-order valence-corrected chi connectivity index (χ2v) is 5.16. The largest absolute Gasteiger partial charge is 0.453 e. The molecule has 2 atom stereocenters. The summed E-state index contributed by atoms with van der Waals surface area (Å²) >= 11 is 3.35. The molecule has 0 aliphatic carbocycles. The minimum absolute atomic E-state index is 0.345. The number of hydrogen-bond donors (Lipinski definition) is 1. The summed E-state index contributed by atoms with van der Waals surface area (Å²) in [6, 6.07) is 4.36. The van der Waals surface area contributed by atoms with Gasteiger partial charge in [0, 0.05) is 0 Å². The molecule has 0 bridgehead atoms. The van der Waals surface area contributed by atoms with Crippen molar-refractivity contribution >= 4 is 15.9 Å². The molecule has 0 aromatic carbocycles. The first kappa shape index (κ1) is 13.8. The van der Waals surface area contributed by atoms with Gasteiger partial charge in [-0.15, -0.1) is 0 Å². The Balaban J connectivity index is 2.60. The van der Waals surface area contributed by atoms with Gasteiger partial charge in [0.1, 0.15) is 5.76 Å². The van der Waals surface area contributed by atoms with Gasteiger partial charge in [0.25, 0.3) is 0 Å². The predicted octanol–water partition coefficient (Wildman–Crippen LogP) is 4.52. The number of halogens is 1. The Hall–Kier alpha value is -0.280. The van der Waals surface area contributed by atoms with E-state index in [9.17, 15) is 0 Å². The maximum Gasteiger partial charge on any atom is 0.169 e. The first-order valence-corrected chi connectivity index (χ1v) is 6.95. The Labute approximate surface area is 107 Å². The van der Waals surface area contributed by atoms with Crippen LogP contribution in [-0.2, 0) is 0 Å². The van der Waals surface area contributed by atoms with Crippen molar-refractivity contribution < 1.29 is 4.42 Å². The van der Waals surface area contributed by atoms with E-state index < -0.39 is 0 Å². The molecule has 16 heavy (non-hydrogen) atoms. The Morgan fingerprint density at radius 3 is 2.62 bits per heavy atom. The smallest absolute Gasteiger partial charge is 0.169 e. The molecule has 3 heteroatoms. The molecule has 1 rings (SSSR count). The van der Waals surface area contributed by atoms with Crippen molar-refractivity contribution in [3.63, 3.8) is 0 Å².